The standard InChI is InChI=1S/C18H25N3O5S/c22-11-12-3-1-2-4-16(12)20-18(24)17(23)19-13-7-9-15(10-8-13)27(25,26)21-14-5-6-14/h7-10,12,14,16,21-22H,1-6,11H2,(H,19,23)(H,20,24)/t12-,16+/m0/s1. The summed E-state index contributed by atoms with van der Waals surface area (Å²) in [6, 6.07) is 5.49. The Hall–Kier alpha value is -1.97. The number of sulfonamides is 1. The molecule has 2 amide bonds. The first-order chi connectivity index (χ1) is 12.9. The molecule has 2 aliphatic rings. The van der Waals surface area contributed by atoms with Crippen molar-refractivity contribution in [1.29, 1.82) is 0 Å². The molecule has 27 heavy (non-hydrogen) atoms. The first kappa shape index (κ1) is 19.8. The maximum Gasteiger partial charge on any atom is 0.313 e. The molecule has 2 atom stereocenters. The van der Waals surface area contributed by atoms with Gasteiger partial charge in [0.1, 0.15) is 0 Å². The highest BCUT2D eigenvalue weighted by atomic mass is 32.2. The highest BCUT2D eigenvalue weighted by Crippen LogP contribution is 2.24. The van der Waals surface area contributed by atoms with Gasteiger partial charge in [-0.1, -0.05) is 12.8 Å². The zero-order valence-electron chi connectivity index (χ0n) is 15.0. The Balaban J connectivity index is 1.56. The third kappa shape index (κ3) is 5.27. The fraction of sp³-hybridized carbons (Fsp3) is 0.556. The molecule has 0 saturated heterocycles. The van der Waals surface area contributed by atoms with Crippen LogP contribution in [0, 0.1) is 5.92 Å². The zero-order chi connectivity index (χ0) is 19.4. The number of hydrogen-bond acceptors (Lipinski definition) is 5. The Morgan fingerprint density at radius 1 is 1.00 bits per heavy atom. The molecule has 3 rings (SSSR count). The summed E-state index contributed by atoms with van der Waals surface area (Å²) in [5.41, 5.74) is 0.336. The van der Waals surface area contributed by atoms with Crippen LogP contribution < -0.4 is 15.4 Å². The van der Waals surface area contributed by atoms with E-state index < -0.39 is 21.8 Å². The molecule has 0 unspecified atom stereocenters. The summed E-state index contributed by atoms with van der Waals surface area (Å²) in [6.45, 7) is -0.0165. The number of aliphatic hydroxyl groups is 1. The lowest BCUT2D eigenvalue weighted by atomic mass is 9.85. The molecule has 1 aromatic rings. The van der Waals surface area contributed by atoms with Crippen LogP contribution in [-0.2, 0) is 19.6 Å². The van der Waals surface area contributed by atoms with Gasteiger partial charge < -0.3 is 15.7 Å². The van der Waals surface area contributed by atoms with Gasteiger partial charge in [-0.15, -0.1) is 0 Å². The van der Waals surface area contributed by atoms with Gasteiger partial charge in [0.25, 0.3) is 0 Å². The number of aliphatic hydroxyl groups excluding tert-OH is 1. The quantitative estimate of drug-likeness (QED) is 0.529. The number of amides is 2. The monoisotopic (exact) mass is 395 g/mol. The normalized spacial score (nSPS) is 22.9. The van der Waals surface area contributed by atoms with Crippen molar-refractivity contribution in [3.05, 3.63) is 24.3 Å². The van der Waals surface area contributed by atoms with Gasteiger partial charge >= 0.3 is 11.8 Å². The molecule has 0 aromatic heterocycles. The third-order valence-corrected chi connectivity index (χ3v) is 6.52. The molecule has 2 fully saturated rings. The van der Waals surface area contributed by atoms with E-state index in [9.17, 15) is 23.1 Å². The van der Waals surface area contributed by atoms with Crippen molar-refractivity contribution in [2.24, 2.45) is 5.92 Å². The summed E-state index contributed by atoms with van der Waals surface area (Å²) >= 11 is 0. The molecule has 0 bridgehead atoms. The third-order valence-electron chi connectivity index (χ3n) is 4.99. The van der Waals surface area contributed by atoms with Crippen molar-refractivity contribution in [2.75, 3.05) is 11.9 Å². The summed E-state index contributed by atoms with van der Waals surface area (Å²) in [5.74, 6) is -1.60. The maximum absolute atomic E-state index is 12.1. The molecule has 148 valence electrons. The molecular formula is C18H25N3O5S. The second-order valence-corrected chi connectivity index (χ2v) is 8.90. The summed E-state index contributed by atoms with van der Waals surface area (Å²) in [4.78, 5) is 24.3. The minimum atomic E-state index is -3.55. The van der Waals surface area contributed by atoms with Crippen molar-refractivity contribution in [1.82, 2.24) is 10.0 Å². The van der Waals surface area contributed by atoms with Crippen LogP contribution in [0.2, 0.25) is 0 Å². The number of nitrogens with one attached hydrogen (secondary N) is 3. The van der Waals surface area contributed by atoms with Crippen molar-refractivity contribution in [3.63, 3.8) is 0 Å². The van der Waals surface area contributed by atoms with Gasteiger partial charge in [-0.25, -0.2) is 13.1 Å². The van der Waals surface area contributed by atoms with E-state index in [1.807, 2.05) is 0 Å². The SMILES string of the molecule is O=C(Nc1ccc(S(=O)(=O)NC2CC2)cc1)C(=O)N[C@@H]1CCCC[C@H]1CO. The van der Waals surface area contributed by atoms with Gasteiger partial charge in [0.05, 0.1) is 4.90 Å². The molecule has 0 heterocycles. The van der Waals surface area contributed by atoms with E-state index in [1.165, 1.54) is 24.3 Å². The van der Waals surface area contributed by atoms with Crippen molar-refractivity contribution >= 4 is 27.5 Å². The molecule has 0 aliphatic heterocycles. The van der Waals surface area contributed by atoms with Crippen LogP contribution in [0.15, 0.2) is 29.2 Å². The van der Waals surface area contributed by atoms with Gasteiger partial charge in [-0.05, 0) is 49.9 Å². The minimum Gasteiger partial charge on any atom is -0.396 e. The topological polar surface area (TPSA) is 125 Å². The predicted molar refractivity (Wildman–Crippen MR) is 99.4 cm³/mol. The number of anilines is 1. The number of hydrogen-bond donors (Lipinski definition) is 4. The van der Waals surface area contributed by atoms with Gasteiger partial charge in [-0.3, -0.25) is 9.59 Å². The average Bonchev–Trinajstić information content (AvgIpc) is 3.46. The van der Waals surface area contributed by atoms with Gasteiger partial charge in [0.15, 0.2) is 0 Å². The second kappa shape index (κ2) is 8.37. The largest absolute Gasteiger partial charge is 0.396 e. The second-order valence-electron chi connectivity index (χ2n) is 7.18. The number of benzene rings is 1. The first-order valence-electron chi connectivity index (χ1n) is 9.24. The fourth-order valence-electron chi connectivity index (χ4n) is 3.24. The van der Waals surface area contributed by atoms with Crippen LogP contribution in [0.5, 0.6) is 0 Å². The van der Waals surface area contributed by atoms with Crippen LogP contribution in [-0.4, -0.2) is 44.0 Å². The van der Waals surface area contributed by atoms with E-state index in [0.717, 1.165) is 38.5 Å². The van der Waals surface area contributed by atoms with Gasteiger partial charge in [-0.2, -0.15) is 0 Å². The number of carbonyl (C=O) groups is 2. The maximum atomic E-state index is 12.1. The lowest BCUT2D eigenvalue weighted by molar-refractivity contribution is -0.137. The average molecular weight is 395 g/mol. The molecule has 9 heteroatoms. The Kier molecular flexibility index (Phi) is 6.13. The van der Waals surface area contributed by atoms with Gasteiger partial charge in [0.2, 0.25) is 10.0 Å². The van der Waals surface area contributed by atoms with Crippen molar-refractivity contribution in [3.8, 4) is 0 Å². The first-order valence-corrected chi connectivity index (χ1v) is 10.7. The highest BCUT2D eigenvalue weighted by Gasteiger charge is 2.29. The summed E-state index contributed by atoms with van der Waals surface area (Å²) in [6.07, 6.45) is 5.22. The minimum absolute atomic E-state index is 0.0145. The molecule has 2 aliphatic carbocycles. The fourth-order valence-corrected chi connectivity index (χ4v) is 4.55. The van der Waals surface area contributed by atoms with E-state index in [2.05, 4.69) is 15.4 Å². The zero-order valence-corrected chi connectivity index (χ0v) is 15.8. The predicted octanol–water partition coefficient (Wildman–Crippen LogP) is 0.733. The Morgan fingerprint density at radius 2 is 1.67 bits per heavy atom. The van der Waals surface area contributed by atoms with E-state index in [-0.39, 0.29) is 29.5 Å². The lowest BCUT2D eigenvalue weighted by Gasteiger charge is -2.30. The van der Waals surface area contributed by atoms with E-state index >= 15 is 0 Å². The van der Waals surface area contributed by atoms with Crippen molar-refractivity contribution < 1.29 is 23.1 Å². The highest BCUT2D eigenvalue weighted by molar-refractivity contribution is 7.89. The lowest BCUT2D eigenvalue weighted by Crippen LogP contribution is -2.47. The molecule has 0 radical (unpaired) electrons. The van der Waals surface area contributed by atoms with Gasteiger partial charge in [0, 0.05) is 30.3 Å². The van der Waals surface area contributed by atoms with Crippen LogP contribution in [0.3, 0.4) is 0 Å². The Bertz CT molecular complexity index is 790. The smallest absolute Gasteiger partial charge is 0.313 e. The van der Waals surface area contributed by atoms with E-state index in [4.69, 9.17) is 0 Å². The van der Waals surface area contributed by atoms with Crippen LogP contribution in [0.4, 0.5) is 5.69 Å². The van der Waals surface area contributed by atoms with E-state index in [1.54, 1.807) is 0 Å². The van der Waals surface area contributed by atoms with Crippen molar-refractivity contribution in [2.45, 2.75) is 55.5 Å². The van der Waals surface area contributed by atoms with Crippen LogP contribution in [0.25, 0.3) is 0 Å². The Morgan fingerprint density at radius 3 is 2.30 bits per heavy atom. The summed E-state index contributed by atoms with van der Waals surface area (Å²) in [5, 5.41) is 14.5. The molecule has 4 N–H and O–H groups in total. The van der Waals surface area contributed by atoms with E-state index in [0.29, 0.717) is 5.69 Å². The molecule has 0 spiro atoms. The van der Waals surface area contributed by atoms with Crippen LogP contribution >= 0.6 is 0 Å². The number of carbonyl (C=O) groups excluding carboxylic acids is 2. The number of rotatable bonds is 6. The Labute approximate surface area is 158 Å². The van der Waals surface area contributed by atoms with Crippen LogP contribution in [0.1, 0.15) is 38.5 Å². The molecule has 8 nitrogen and oxygen atoms in total. The summed E-state index contributed by atoms with van der Waals surface area (Å²) in [7, 11) is -3.55. The summed E-state index contributed by atoms with van der Waals surface area (Å²) < 4.78 is 26.8. The molecule has 1 aromatic carbocycles. The molecular weight excluding hydrogens is 370 g/mol. The molecule has 2 saturated carbocycles.